The summed E-state index contributed by atoms with van der Waals surface area (Å²) in [6.45, 7) is 2.86. The molecule has 0 aliphatic rings. The van der Waals surface area contributed by atoms with Crippen LogP contribution in [0.5, 0.6) is 0 Å². The topological polar surface area (TPSA) is 70.3 Å². The lowest BCUT2D eigenvalue weighted by Crippen LogP contribution is -2.34. The van der Waals surface area contributed by atoms with Crippen molar-refractivity contribution in [2.24, 2.45) is 4.99 Å². The Morgan fingerprint density at radius 3 is 2.80 bits per heavy atom. The first-order valence-electron chi connectivity index (χ1n) is 8.12. The number of aromatic nitrogens is 2. The lowest BCUT2D eigenvalue weighted by Gasteiger charge is -2.16. The number of nitrogens with zero attached hydrogens (tertiary/aromatic N) is 2. The summed E-state index contributed by atoms with van der Waals surface area (Å²) >= 11 is 1.42. The molecular weight excluding hydrogens is 334 g/mol. The van der Waals surface area contributed by atoms with E-state index < -0.39 is 0 Å². The smallest absolute Gasteiger partial charge is 0.202 e. The molecule has 3 N–H and O–H groups in total. The Balaban J connectivity index is 1.59. The molecule has 25 heavy (non-hydrogen) atoms. The Bertz CT molecular complexity index is 1030. The van der Waals surface area contributed by atoms with Crippen LogP contribution >= 0.6 is 12.1 Å². The summed E-state index contributed by atoms with van der Waals surface area (Å²) in [5, 5.41) is 8.72. The second-order valence-electron chi connectivity index (χ2n) is 5.56. The van der Waals surface area contributed by atoms with Gasteiger partial charge >= 0.3 is 0 Å². The SMILES string of the molecule is CCNC(=NC)NSn1cc(-c2cccc3c2oc2ccccc23)[nH]1. The van der Waals surface area contributed by atoms with Crippen LogP contribution in [0.2, 0.25) is 0 Å². The molecule has 2 aromatic carbocycles. The summed E-state index contributed by atoms with van der Waals surface area (Å²) in [7, 11) is 1.75. The van der Waals surface area contributed by atoms with Crippen LogP contribution in [0.3, 0.4) is 0 Å². The number of hydrogen-bond acceptors (Lipinski definition) is 3. The highest BCUT2D eigenvalue weighted by molar-refractivity contribution is 7.96. The minimum Gasteiger partial charge on any atom is -0.455 e. The summed E-state index contributed by atoms with van der Waals surface area (Å²) in [5.41, 5.74) is 3.90. The highest BCUT2D eigenvalue weighted by Crippen LogP contribution is 2.35. The molecule has 4 aromatic rings. The first-order valence-corrected chi connectivity index (χ1v) is 8.89. The molecule has 6 nitrogen and oxygen atoms in total. The van der Waals surface area contributed by atoms with Gasteiger partial charge < -0.3 is 9.73 Å². The van der Waals surface area contributed by atoms with Gasteiger partial charge in [-0.05, 0) is 19.1 Å². The number of hydrogen-bond donors (Lipinski definition) is 3. The van der Waals surface area contributed by atoms with Crippen molar-refractivity contribution in [2.75, 3.05) is 13.6 Å². The summed E-state index contributed by atoms with van der Waals surface area (Å²) in [4.78, 5) is 4.13. The highest BCUT2D eigenvalue weighted by atomic mass is 32.2. The van der Waals surface area contributed by atoms with E-state index in [1.165, 1.54) is 12.1 Å². The van der Waals surface area contributed by atoms with Gasteiger partial charge in [-0.3, -0.25) is 14.8 Å². The molecule has 0 unspecified atom stereocenters. The molecule has 2 heterocycles. The standard InChI is InChI=1S/C18H19N5OS/c1-3-20-18(19-2)22-25-23-11-15(21-23)14-9-6-8-13-12-7-4-5-10-16(12)24-17(13)14/h4-11,21H,3H2,1-2H3,(H2,19,20,22). The molecule has 0 bridgehead atoms. The third-order valence-electron chi connectivity index (χ3n) is 3.98. The predicted molar refractivity (Wildman–Crippen MR) is 105 cm³/mol. The molecule has 4 rings (SSSR count). The van der Waals surface area contributed by atoms with E-state index in [9.17, 15) is 0 Å². The number of aromatic amines is 1. The van der Waals surface area contributed by atoms with E-state index in [0.29, 0.717) is 0 Å². The quantitative estimate of drug-likeness (QED) is 0.295. The van der Waals surface area contributed by atoms with Crippen LogP contribution < -0.4 is 10.0 Å². The molecule has 2 aromatic heterocycles. The minimum atomic E-state index is 0.746. The summed E-state index contributed by atoms with van der Waals surface area (Å²) < 4.78 is 11.1. The fourth-order valence-corrected chi connectivity index (χ4v) is 3.44. The largest absolute Gasteiger partial charge is 0.455 e. The molecule has 0 atom stereocenters. The maximum atomic E-state index is 6.07. The van der Waals surface area contributed by atoms with Crippen molar-refractivity contribution in [3.63, 3.8) is 0 Å². The Hall–Kier alpha value is -2.80. The van der Waals surface area contributed by atoms with Crippen LogP contribution in [-0.4, -0.2) is 28.7 Å². The highest BCUT2D eigenvalue weighted by Gasteiger charge is 2.14. The Morgan fingerprint density at radius 1 is 1.20 bits per heavy atom. The van der Waals surface area contributed by atoms with E-state index in [-0.39, 0.29) is 0 Å². The lowest BCUT2D eigenvalue weighted by atomic mass is 10.1. The third-order valence-corrected chi connectivity index (χ3v) is 4.66. The molecule has 0 aliphatic carbocycles. The van der Waals surface area contributed by atoms with E-state index in [4.69, 9.17) is 4.42 Å². The molecular formula is C18H19N5OS. The van der Waals surface area contributed by atoms with Gasteiger partial charge in [0.25, 0.3) is 0 Å². The minimum absolute atomic E-state index is 0.746. The first kappa shape index (κ1) is 15.7. The third kappa shape index (κ3) is 2.87. The van der Waals surface area contributed by atoms with Gasteiger partial charge in [0.1, 0.15) is 11.2 Å². The average Bonchev–Trinajstić information content (AvgIpc) is 2.99. The normalized spacial score (nSPS) is 12.2. The molecule has 0 amide bonds. The Kier molecular flexibility index (Phi) is 4.15. The van der Waals surface area contributed by atoms with Crippen LogP contribution in [0.15, 0.2) is 58.1 Å². The van der Waals surface area contributed by atoms with Crippen molar-refractivity contribution in [1.82, 2.24) is 19.2 Å². The van der Waals surface area contributed by atoms with Crippen LogP contribution in [-0.2, 0) is 0 Å². The zero-order valence-electron chi connectivity index (χ0n) is 14.0. The number of fused-ring (bicyclic) bond motifs is 3. The Labute approximate surface area is 149 Å². The fraction of sp³-hybridized carbons (Fsp3) is 0.167. The fourth-order valence-electron chi connectivity index (χ4n) is 2.79. The second-order valence-corrected chi connectivity index (χ2v) is 6.34. The monoisotopic (exact) mass is 353 g/mol. The van der Waals surface area contributed by atoms with Crippen molar-refractivity contribution >= 4 is 40.0 Å². The van der Waals surface area contributed by atoms with Crippen molar-refractivity contribution in [3.05, 3.63) is 48.7 Å². The number of furan rings is 1. The van der Waals surface area contributed by atoms with Gasteiger partial charge in [-0.2, -0.15) is 0 Å². The van der Waals surface area contributed by atoms with Crippen molar-refractivity contribution in [3.8, 4) is 11.3 Å². The number of guanidine groups is 1. The number of rotatable bonds is 4. The number of nitrogens with one attached hydrogen (secondary N) is 3. The van der Waals surface area contributed by atoms with Gasteiger partial charge in [0.05, 0.1) is 24.0 Å². The zero-order valence-corrected chi connectivity index (χ0v) is 14.9. The maximum Gasteiger partial charge on any atom is 0.202 e. The van der Waals surface area contributed by atoms with Crippen LogP contribution in [0.4, 0.5) is 0 Å². The first-order chi connectivity index (χ1) is 12.3. The van der Waals surface area contributed by atoms with Crippen molar-refractivity contribution < 1.29 is 4.42 Å². The van der Waals surface area contributed by atoms with Gasteiger partial charge in [0, 0.05) is 29.9 Å². The average molecular weight is 353 g/mol. The van der Waals surface area contributed by atoms with Gasteiger partial charge in [-0.1, -0.05) is 30.3 Å². The van der Waals surface area contributed by atoms with Gasteiger partial charge in [-0.25, -0.2) is 4.09 Å². The molecule has 0 fully saturated rings. The number of H-pyrrole nitrogens is 1. The lowest BCUT2D eigenvalue weighted by molar-refractivity contribution is 0.669. The van der Waals surface area contributed by atoms with Gasteiger partial charge in [-0.15, -0.1) is 0 Å². The van der Waals surface area contributed by atoms with Crippen LogP contribution in [0.25, 0.3) is 33.2 Å². The molecule has 0 saturated heterocycles. The Morgan fingerprint density at radius 2 is 2.00 bits per heavy atom. The van der Waals surface area contributed by atoms with E-state index in [1.54, 1.807) is 7.05 Å². The molecule has 0 radical (unpaired) electrons. The van der Waals surface area contributed by atoms with E-state index >= 15 is 0 Å². The predicted octanol–water partition coefficient (Wildman–Crippen LogP) is 3.98. The summed E-state index contributed by atoms with van der Waals surface area (Å²) in [6, 6.07) is 14.3. The molecule has 0 saturated carbocycles. The van der Waals surface area contributed by atoms with Gasteiger partial charge in [0.15, 0.2) is 0 Å². The van der Waals surface area contributed by atoms with Crippen molar-refractivity contribution in [2.45, 2.75) is 6.92 Å². The molecule has 0 aliphatic heterocycles. The summed E-state index contributed by atoms with van der Waals surface area (Å²) in [6.07, 6.45) is 2.03. The maximum absolute atomic E-state index is 6.07. The zero-order chi connectivity index (χ0) is 17.2. The summed E-state index contributed by atoms with van der Waals surface area (Å²) in [5.74, 6) is 0.746. The molecule has 0 spiro atoms. The second kappa shape index (κ2) is 6.60. The van der Waals surface area contributed by atoms with Crippen LogP contribution in [0.1, 0.15) is 6.92 Å². The van der Waals surface area contributed by atoms with Crippen molar-refractivity contribution in [1.29, 1.82) is 0 Å². The van der Waals surface area contributed by atoms with E-state index in [0.717, 1.165) is 45.7 Å². The number of benzene rings is 2. The van der Waals surface area contributed by atoms with Crippen LogP contribution in [0, 0.1) is 0 Å². The molecule has 7 heteroatoms. The van der Waals surface area contributed by atoms with Gasteiger partial charge in [0.2, 0.25) is 5.96 Å². The molecule has 128 valence electrons. The van der Waals surface area contributed by atoms with E-state index in [1.807, 2.05) is 35.4 Å². The van der Waals surface area contributed by atoms with E-state index in [2.05, 4.69) is 44.4 Å². The number of aliphatic imine (C=N–C) groups is 1. The number of para-hydroxylation sites is 2.